The molecule has 9 nitrogen and oxygen atoms in total. The normalized spacial score (nSPS) is 10.3. The SMILES string of the molecule is N#Cc1c(CCCNc2ccc(C(N)=O)nn2)nn(-c2ccccc2)c1N. The lowest BCUT2D eigenvalue weighted by Gasteiger charge is -2.04. The summed E-state index contributed by atoms with van der Waals surface area (Å²) in [7, 11) is 0. The molecule has 0 saturated carbocycles. The Balaban J connectivity index is 1.63. The summed E-state index contributed by atoms with van der Waals surface area (Å²) in [4.78, 5) is 11.0. The average molecular weight is 362 g/mol. The summed E-state index contributed by atoms with van der Waals surface area (Å²) < 4.78 is 1.58. The average Bonchev–Trinajstić information content (AvgIpc) is 3.01. The number of nitriles is 1. The molecule has 1 aromatic carbocycles. The first-order valence-corrected chi connectivity index (χ1v) is 8.30. The minimum absolute atomic E-state index is 0.112. The molecule has 1 amide bonds. The fourth-order valence-corrected chi connectivity index (χ4v) is 2.57. The fourth-order valence-electron chi connectivity index (χ4n) is 2.57. The topological polar surface area (TPSA) is 149 Å². The Bertz CT molecular complexity index is 973. The quantitative estimate of drug-likeness (QED) is 0.536. The van der Waals surface area contributed by atoms with Crippen molar-refractivity contribution in [2.45, 2.75) is 12.8 Å². The van der Waals surface area contributed by atoms with E-state index in [1.807, 2.05) is 30.3 Å². The smallest absolute Gasteiger partial charge is 0.269 e. The van der Waals surface area contributed by atoms with Crippen LogP contribution in [0.15, 0.2) is 42.5 Å². The number of aryl methyl sites for hydroxylation is 1. The van der Waals surface area contributed by atoms with E-state index in [0.717, 1.165) is 5.69 Å². The third-order valence-electron chi connectivity index (χ3n) is 3.92. The van der Waals surface area contributed by atoms with Gasteiger partial charge in [-0.05, 0) is 37.1 Å². The van der Waals surface area contributed by atoms with Gasteiger partial charge in [0.05, 0.1) is 11.4 Å². The number of benzene rings is 1. The monoisotopic (exact) mass is 362 g/mol. The number of anilines is 2. The highest BCUT2D eigenvalue weighted by atomic mass is 16.1. The molecule has 5 N–H and O–H groups in total. The number of hydrogen-bond donors (Lipinski definition) is 3. The summed E-state index contributed by atoms with van der Waals surface area (Å²) in [5, 5.41) is 24.6. The Hall–Kier alpha value is -3.93. The lowest BCUT2D eigenvalue weighted by atomic mass is 10.1. The molecule has 0 unspecified atom stereocenters. The zero-order chi connectivity index (χ0) is 19.2. The van der Waals surface area contributed by atoms with E-state index in [1.54, 1.807) is 10.7 Å². The molecule has 0 spiro atoms. The molecule has 0 aliphatic carbocycles. The van der Waals surface area contributed by atoms with Gasteiger partial charge in [0.15, 0.2) is 5.69 Å². The van der Waals surface area contributed by atoms with Crippen LogP contribution in [0.4, 0.5) is 11.6 Å². The second-order valence-corrected chi connectivity index (χ2v) is 5.76. The minimum atomic E-state index is -0.621. The highest BCUT2D eigenvalue weighted by molar-refractivity contribution is 5.90. The summed E-state index contributed by atoms with van der Waals surface area (Å²) in [6.07, 6.45) is 1.28. The summed E-state index contributed by atoms with van der Waals surface area (Å²) in [5.41, 5.74) is 13.2. The lowest BCUT2D eigenvalue weighted by molar-refractivity contribution is 0.0994. The number of para-hydroxylation sites is 1. The van der Waals surface area contributed by atoms with Gasteiger partial charge in [-0.15, -0.1) is 10.2 Å². The van der Waals surface area contributed by atoms with Crippen molar-refractivity contribution in [3.8, 4) is 11.8 Å². The largest absolute Gasteiger partial charge is 0.382 e. The highest BCUT2D eigenvalue weighted by Gasteiger charge is 2.16. The number of nitrogen functional groups attached to an aromatic ring is 1. The van der Waals surface area contributed by atoms with Gasteiger partial charge < -0.3 is 16.8 Å². The Morgan fingerprint density at radius 1 is 1.19 bits per heavy atom. The number of aromatic nitrogens is 4. The third-order valence-corrected chi connectivity index (χ3v) is 3.92. The van der Waals surface area contributed by atoms with Gasteiger partial charge in [-0.1, -0.05) is 18.2 Å². The van der Waals surface area contributed by atoms with Crippen LogP contribution in [0.1, 0.15) is 28.2 Å². The van der Waals surface area contributed by atoms with E-state index in [9.17, 15) is 10.1 Å². The maximum absolute atomic E-state index is 11.0. The number of nitrogens with two attached hydrogens (primary N) is 2. The van der Waals surface area contributed by atoms with E-state index in [0.29, 0.717) is 42.3 Å². The molecule has 9 heteroatoms. The van der Waals surface area contributed by atoms with Gasteiger partial charge in [-0.2, -0.15) is 10.4 Å². The van der Waals surface area contributed by atoms with Gasteiger partial charge in [0.1, 0.15) is 23.3 Å². The summed E-state index contributed by atoms with van der Waals surface area (Å²) in [5.74, 6) is 0.249. The number of carbonyl (C=O) groups is 1. The van der Waals surface area contributed by atoms with Crippen molar-refractivity contribution in [2.24, 2.45) is 5.73 Å². The first-order valence-electron chi connectivity index (χ1n) is 8.30. The molecule has 3 rings (SSSR count). The number of nitrogens with zero attached hydrogens (tertiary/aromatic N) is 5. The number of rotatable bonds is 7. The van der Waals surface area contributed by atoms with Crippen LogP contribution in [0.5, 0.6) is 0 Å². The van der Waals surface area contributed by atoms with Crippen molar-refractivity contribution in [1.82, 2.24) is 20.0 Å². The standard InChI is InChI=1S/C18H18N8O/c19-11-13-14(25-26(17(13)20)12-5-2-1-3-6-12)7-4-10-22-16-9-8-15(18(21)27)23-24-16/h1-3,5-6,8-9H,4,7,10,20H2,(H2,21,27)(H,22,24). The van der Waals surface area contributed by atoms with E-state index < -0.39 is 5.91 Å². The molecule has 3 aromatic rings. The minimum Gasteiger partial charge on any atom is -0.382 e. The summed E-state index contributed by atoms with van der Waals surface area (Å²) in [6, 6.07) is 14.7. The second kappa shape index (κ2) is 7.97. The van der Waals surface area contributed by atoms with Crippen LogP contribution in [0, 0.1) is 11.3 Å². The first kappa shape index (κ1) is 17.9. The Morgan fingerprint density at radius 2 is 1.96 bits per heavy atom. The molecule has 0 saturated heterocycles. The molecule has 0 radical (unpaired) electrons. The van der Waals surface area contributed by atoms with Gasteiger partial charge in [0, 0.05) is 6.54 Å². The van der Waals surface area contributed by atoms with Crippen molar-refractivity contribution < 1.29 is 4.79 Å². The summed E-state index contributed by atoms with van der Waals surface area (Å²) in [6.45, 7) is 0.591. The van der Waals surface area contributed by atoms with Crippen molar-refractivity contribution in [2.75, 3.05) is 17.6 Å². The molecule has 0 bridgehead atoms. The van der Waals surface area contributed by atoms with Gasteiger partial charge in [0.2, 0.25) is 0 Å². The Morgan fingerprint density at radius 3 is 2.59 bits per heavy atom. The van der Waals surface area contributed by atoms with Gasteiger partial charge in [0.25, 0.3) is 5.91 Å². The summed E-state index contributed by atoms with van der Waals surface area (Å²) >= 11 is 0. The number of amides is 1. The van der Waals surface area contributed by atoms with Crippen LogP contribution < -0.4 is 16.8 Å². The number of primary amides is 1. The maximum atomic E-state index is 11.0. The van der Waals surface area contributed by atoms with E-state index >= 15 is 0 Å². The molecule has 2 aromatic heterocycles. The number of nitrogens with one attached hydrogen (secondary N) is 1. The lowest BCUT2D eigenvalue weighted by Crippen LogP contribution is -2.14. The van der Waals surface area contributed by atoms with Gasteiger partial charge in [-0.3, -0.25) is 4.79 Å². The molecule has 0 aliphatic rings. The number of hydrogen-bond acceptors (Lipinski definition) is 7. The Kier molecular flexibility index (Phi) is 5.28. The fraction of sp³-hybridized carbons (Fsp3) is 0.167. The molecule has 0 atom stereocenters. The van der Waals surface area contributed by atoms with Crippen LogP contribution in [0.25, 0.3) is 5.69 Å². The van der Waals surface area contributed by atoms with E-state index in [4.69, 9.17) is 11.5 Å². The third kappa shape index (κ3) is 4.01. The van der Waals surface area contributed by atoms with Crippen LogP contribution in [-0.4, -0.2) is 32.4 Å². The zero-order valence-electron chi connectivity index (χ0n) is 14.5. The number of carbonyl (C=O) groups excluding carboxylic acids is 1. The van der Waals surface area contributed by atoms with Crippen LogP contribution >= 0.6 is 0 Å². The van der Waals surface area contributed by atoms with E-state index in [1.165, 1.54) is 6.07 Å². The maximum Gasteiger partial charge on any atom is 0.269 e. The highest BCUT2D eigenvalue weighted by Crippen LogP contribution is 2.21. The predicted octanol–water partition coefficient (Wildman–Crippen LogP) is 1.26. The van der Waals surface area contributed by atoms with Crippen molar-refractivity contribution in [3.05, 3.63) is 59.4 Å². The van der Waals surface area contributed by atoms with E-state index in [-0.39, 0.29) is 5.69 Å². The molecule has 0 aliphatic heterocycles. The van der Waals surface area contributed by atoms with Crippen LogP contribution in [-0.2, 0) is 6.42 Å². The molecule has 136 valence electrons. The zero-order valence-corrected chi connectivity index (χ0v) is 14.5. The predicted molar refractivity (Wildman–Crippen MR) is 100 cm³/mol. The molecular weight excluding hydrogens is 344 g/mol. The molecule has 0 fully saturated rings. The second-order valence-electron chi connectivity index (χ2n) is 5.76. The molecular formula is C18H18N8O. The van der Waals surface area contributed by atoms with Gasteiger partial charge in [-0.25, -0.2) is 4.68 Å². The Labute approximate surface area is 155 Å². The van der Waals surface area contributed by atoms with Crippen LogP contribution in [0.2, 0.25) is 0 Å². The molecule has 2 heterocycles. The van der Waals surface area contributed by atoms with Crippen molar-refractivity contribution >= 4 is 17.5 Å². The first-order chi connectivity index (χ1) is 13.1. The van der Waals surface area contributed by atoms with Crippen molar-refractivity contribution in [3.63, 3.8) is 0 Å². The van der Waals surface area contributed by atoms with Gasteiger partial charge >= 0.3 is 0 Å². The van der Waals surface area contributed by atoms with Crippen molar-refractivity contribution in [1.29, 1.82) is 5.26 Å². The molecule has 27 heavy (non-hydrogen) atoms. The van der Waals surface area contributed by atoms with E-state index in [2.05, 4.69) is 26.7 Å². The van der Waals surface area contributed by atoms with Crippen LogP contribution in [0.3, 0.4) is 0 Å².